The predicted molar refractivity (Wildman–Crippen MR) is 82.2 cm³/mol. The van der Waals surface area contributed by atoms with Crippen LogP contribution >= 0.6 is 15.9 Å². The molecule has 0 aliphatic rings. The van der Waals surface area contributed by atoms with E-state index in [9.17, 15) is 15.2 Å². The Morgan fingerprint density at radius 3 is 2.76 bits per heavy atom. The van der Waals surface area contributed by atoms with Crippen LogP contribution in [0.25, 0.3) is 0 Å². The van der Waals surface area contributed by atoms with Crippen LogP contribution in [0, 0.1) is 10.1 Å². The number of nitro benzene ring substituents is 1. The van der Waals surface area contributed by atoms with Gasteiger partial charge in [0.25, 0.3) is 5.69 Å². The van der Waals surface area contributed by atoms with Crippen LogP contribution in [0.1, 0.15) is 24.2 Å². The maximum absolute atomic E-state index is 10.7. The van der Waals surface area contributed by atoms with Crippen molar-refractivity contribution in [3.05, 3.63) is 68.2 Å². The molecule has 1 unspecified atom stereocenters. The minimum absolute atomic E-state index is 0.0288. The molecule has 0 radical (unpaired) electrons. The molecule has 1 atom stereocenters. The summed E-state index contributed by atoms with van der Waals surface area (Å²) < 4.78 is 6.52. The molecular weight excluding hydrogens is 338 g/mol. The highest BCUT2D eigenvalue weighted by molar-refractivity contribution is 9.10. The van der Waals surface area contributed by atoms with Gasteiger partial charge in [-0.05, 0) is 24.6 Å². The lowest BCUT2D eigenvalue weighted by molar-refractivity contribution is -0.384. The van der Waals surface area contributed by atoms with Gasteiger partial charge in [0.15, 0.2) is 0 Å². The number of nitro groups is 1. The Balaban J connectivity index is 2.18. The van der Waals surface area contributed by atoms with E-state index in [1.165, 1.54) is 12.1 Å². The minimum Gasteiger partial charge on any atom is -0.488 e. The van der Waals surface area contributed by atoms with Crippen molar-refractivity contribution in [2.45, 2.75) is 19.6 Å². The highest BCUT2D eigenvalue weighted by Crippen LogP contribution is 2.29. The van der Waals surface area contributed by atoms with Crippen LogP contribution in [-0.2, 0) is 6.61 Å². The van der Waals surface area contributed by atoms with Gasteiger partial charge in [0.05, 0.1) is 11.0 Å². The van der Waals surface area contributed by atoms with Gasteiger partial charge >= 0.3 is 0 Å². The third-order valence-corrected chi connectivity index (χ3v) is 3.43. The summed E-state index contributed by atoms with van der Waals surface area (Å²) in [6.07, 6.45) is -0.654. The van der Waals surface area contributed by atoms with Crippen LogP contribution in [0.2, 0.25) is 0 Å². The first-order chi connectivity index (χ1) is 9.97. The number of hydrogen-bond acceptors (Lipinski definition) is 4. The molecule has 2 aromatic carbocycles. The highest BCUT2D eigenvalue weighted by Gasteiger charge is 2.11. The van der Waals surface area contributed by atoms with E-state index < -0.39 is 11.0 Å². The number of rotatable bonds is 5. The monoisotopic (exact) mass is 351 g/mol. The van der Waals surface area contributed by atoms with Gasteiger partial charge in [-0.3, -0.25) is 10.1 Å². The molecule has 0 saturated carbocycles. The van der Waals surface area contributed by atoms with Crippen molar-refractivity contribution in [2.24, 2.45) is 0 Å². The van der Waals surface area contributed by atoms with Gasteiger partial charge in [0.2, 0.25) is 0 Å². The van der Waals surface area contributed by atoms with Crippen LogP contribution in [0.15, 0.2) is 46.9 Å². The first kappa shape index (κ1) is 15.5. The molecule has 2 aromatic rings. The van der Waals surface area contributed by atoms with E-state index in [0.29, 0.717) is 16.9 Å². The molecule has 0 aliphatic heterocycles. The topological polar surface area (TPSA) is 72.6 Å². The zero-order valence-electron chi connectivity index (χ0n) is 11.3. The average Bonchev–Trinajstić information content (AvgIpc) is 2.45. The van der Waals surface area contributed by atoms with Gasteiger partial charge in [-0.25, -0.2) is 0 Å². The maximum Gasteiger partial charge on any atom is 0.269 e. The second-order valence-corrected chi connectivity index (χ2v) is 5.49. The molecule has 0 amide bonds. The lowest BCUT2D eigenvalue weighted by Crippen LogP contribution is -2.01. The fourth-order valence-electron chi connectivity index (χ4n) is 1.90. The molecule has 0 fully saturated rings. The lowest BCUT2D eigenvalue weighted by atomic mass is 10.1. The molecule has 21 heavy (non-hydrogen) atoms. The number of halogens is 1. The molecule has 0 saturated heterocycles. The normalized spacial score (nSPS) is 12.0. The number of aliphatic hydroxyl groups is 1. The minimum atomic E-state index is -0.654. The van der Waals surface area contributed by atoms with E-state index in [1.54, 1.807) is 31.2 Å². The van der Waals surface area contributed by atoms with E-state index in [-0.39, 0.29) is 12.3 Å². The third-order valence-electron chi connectivity index (χ3n) is 2.94. The number of aliphatic hydroxyl groups excluding tert-OH is 1. The number of hydrogen-bond donors (Lipinski definition) is 1. The van der Waals surface area contributed by atoms with Crippen molar-refractivity contribution in [3.63, 3.8) is 0 Å². The van der Waals surface area contributed by atoms with Crippen molar-refractivity contribution in [2.75, 3.05) is 0 Å². The van der Waals surface area contributed by atoms with Crippen molar-refractivity contribution >= 4 is 21.6 Å². The second kappa shape index (κ2) is 6.69. The summed E-state index contributed by atoms with van der Waals surface area (Å²) in [6, 6.07) is 11.6. The maximum atomic E-state index is 10.7. The van der Waals surface area contributed by atoms with Gasteiger partial charge in [-0.15, -0.1) is 0 Å². The van der Waals surface area contributed by atoms with Crippen molar-refractivity contribution < 1.29 is 14.8 Å². The Labute approximate surface area is 130 Å². The Kier molecular flexibility index (Phi) is 4.93. The first-order valence-electron chi connectivity index (χ1n) is 6.31. The second-order valence-electron chi connectivity index (χ2n) is 4.57. The Hall–Kier alpha value is -1.92. The molecular formula is C15H14BrNO4. The summed E-state index contributed by atoms with van der Waals surface area (Å²) in [5.74, 6) is 0.547. The van der Waals surface area contributed by atoms with Crippen LogP contribution in [-0.4, -0.2) is 10.0 Å². The Morgan fingerprint density at radius 2 is 2.10 bits per heavy atom. The number of benzene rings is 2. The van der Waals surface area contributed by atoms with Gasteiger partial charge < -0.3 is 9.84 Å². The SMILES string of the molecule is CC(O)c1ccc(Br)cc1OCc1cccc([N+](=O)[O-])c1. The van der Waals surface area contributed by atoms with Crippen LogP contribution in [0.5, 0.6) is 5.75 Å². The third kappa shape index (κ3) is 4.03. The summed E-state index contributed by atoms with van der Waals surface area (Å²) in [7, 11) is 0. The Morgan fingerprint density at radius 1 is 1.33 bits per heavy atom. The fraction of sp³-hybridized carbons (Fsp3) is 0.200. The molecule has 0 spiro atoms. The van der Waals surface area contributed by atoms with Crippen LogP contribution < -0.4 is 4.74 Å². The zero-order chi connectivity index (χ0) is 15.4. The lowest BCUT2D eigenvalue weighted by Gasteiger charge is -2.14. The summed E-state index contributed by atoms with van der Waals surface area (Å²) >= 11 is 3.35. The van der Waals surface area contributed by atoms with E-state index in [4.69, 9.17) is 4.74 Å². The van der Waals surface area contributed by atoms with Crippen molar-refractivity contribution in [1.29, 1.82) is 0 Å². The van der Waals surface area contributed by atoms with Crippen molar-refractivity contribution in [1.82, 2.24) is 0 Å². The van der Waals surface area contributed by atoms with Gasteiger partial charge in [0.1, 0.15) is 12.4 Å². The van der Waals surface area contributed by atoms with E-state index in [2.05, 4.69) is 15.9 Å². The smallest absolute Gasteiger partial charge is 0.269 e. The summed E-state index contributed by atoms with van der Waals surface area (Å²) in [4.78, 5) is 10.3. The molecule has 110 valence electrons. The molecule has 0 aromatic heterocycles. The zero-order valence-corrected chi connectivity index (χ0v) is 12.9. The summed E-state index contributed by atoms with van der Waals surface area (Å²) in [5, 5.41) is 20.5. The predicted octanol–water partition coefficient (Wildman–Crippen LogP) is 3.99. The van der Waals surface area contributed by atoms with Gasteiger partial charge in [0, 0.05) is 22.2 Å². The first-order valence-corrected chi connectivity index (χ1v) is 7.10. The average molecular weight is 352 g/mol. The molecule has 0 bridgehead atoms. The van der Waals surface area contributed by atoms with Gasteiger partial charge in [-0.1, -0.05) is 34.1 Å². The standard InChI is InChI=1S/C15H14BrNO4/c1-10(18)14-6-5-12(16)8-15(14)21-9-11-3-2-4-13(7-11)17(19)20/h2-8,10,18H,9H2,1H3. The van der Waals surface area contributed by atoms with E-state index in [0.717, 1.165) is 4.47 Å². The number of nitrogens with zero attached hydrogens (tertiary/aromatic N) is 1. The summed E-state index contributed by atoms with van der Waals surface area (Å²) in [5.41, 5.74) is 1.39. The van der Waals surface area contributed by atoms with E-state index >= 15 is 0 Å². The molecule has 2 rings (SSSR count). The molecule has 1 N–H and O–H groups in total. The number of non-ortho nitro benzene ring substituents is 1. The van der Waals surface area contributed by atoms with Crippen molar-refractivity contribution in [3.8, 4) is 5.75 Å². The fourth-order valence-corrected chi connectivity index (χ4v) is 2.24. The van der Waals surface area contributed by atoms with Crippen LogP contribution in [0.3, 0.4) is 0 Å². The van der Waals surface area contributed by atoms with Crippen LogP contribution in [0.4, 0.5) is 5.69 Å². The quantitative estimate of drug-likeness (QED) is 0.652. The highest BCUT2D eigenvalue weighted by atomic mass is 79.9. The Bertz CT molecular complexity index is 658. The molecule has 6 heteroatoms. The molecule has 0 aliphatic carbocycles. The molecule has 5 nitrogen and oxygen atoms in total. The molecule has 0 heterocycles. The van der Waals surface area contributed by atoms with Gasteiger partial charge in [-0.2, -0.15) is 0 Å². The number of ether oxygens (including phenoxy) is 1. The summed E-state index contributed by atoms with van der Waals surface area (Å²) in [6.45, 7) is 1.85. The largest absolute Gasteiger partial charge is 0.488 e. The van der Waals surface area contributed by atoms with E-state index in [1.807, 2.05) is 6.07 Å².